The summed E-state index contributed by atoms with van der Waals surface area (Å²) >= 11 is 0. The Morgan fingerprint density at radius 1 is 0.882 bits per heavy atom. The third-order valence-electron chi connectivity index (χ3n) is 5.51. The first-order valence-corrected chi connectivity index (χ1v) is 12.3. The van der Waals surface area contributed by atoms with Crippen LogP contribution in [0.15, 0.2) is 71.6 Å². The number of carbonyl (C=O) groups excluding carboxylic acids is 1. The van der Waals surface area contributed by atoms with Crippen molar-refractivity contribution in [3.05, 3.63) is 83.4 Å². The highest BCUT2D eigenvalue weighted by molar-refractivity contribution is 7.92. The Morgan fingerprint density at radius 2 is 1.44 bits per heavy atom. The van der Waals surface area contributed by atoms with Crippen LogP contribution >= 0.6 is 0 Å². The van der Waals surface area contributed by atoms with Crippen molar-refractivity contribution in [1.82, 2.24) is 5.32 Å². The molecule has 0 unspecified atom stereocenters. The molecule has 180 valence electrons. The predicted octanol–water partition coefficient (Wildman–Crippen LogP) is 4.39. The average molecular weight is 483 g/mol. The quantitative estimate of drug-likeness (QED) is 0.489. The molecule has 1 amide bonds. The summed E-state index contributed by atoms with van der Waals surface area (Å²) < 4.78 is 38.9. The maximum Gasteiger partial charge on any atom is 0.264 e. The van der Waals surface area contributed by atoms with Gasteiger partial charge in [0.1, 0.15) is 6.54 Å². The van der Waals surface area contributed by atoms with Gasteiger partial charge in [0.15, 0.2) is 11.5 Å². The first kappa shape index (κ1) is 25.1. The molecule has 0 bridgehead atoms. The van der Waals surface area contributed by atoms with E-state index in [-0.39, 0.29) is 16.6 Å². The Balaban J connectivity index is 1.95. The summed E-state index contributed by atoms with van der Waals surface area (Å²) in [5.74, 6) is 0.382. The molecular weight excluding hydrogens is 452 g/mol. The summed E-state index contributed by atoms with van der Waals surface area (Å²) in [5.41, 5.74) is 3.27. The van der Waals surface area contributed by atoms with Gasteiger partial charge in [-0.05, 0) is 50.6 Å². The van der Waals surface area contributed by atoms with Crippen LogP contribution in [0, 0.1) is 13.8 Å². The molecule has 0 aliphatic heterocycles. The lowest BCUT2D eigenvalue weighted by molar-refractivity contribution is -0.120. The maximum atomic E-state index is 13.6. The summed E-state index contributed by atoms with van der Waals surface area (Å²) in [5, 5.41) is 2.90. The van der Waals surface area contributed by atoms with E-state index in [1.807, 2.05) is 45.0 Å². The van der Waals surface area contributed by atoms with E-state index in [2.05, 4.69) is 5.32 Å². The molecule has 0 saturated heterocycles. The number of benzene rings is 3. The van der Waals surface area contributed by atoms with Crippen molar-refractivity contribution in [1.29, 1.82) is 0 Å². The van der Waals surface area contributed by atoms with Gasteiger partial charge < -0.3 is 14.8 Å². The van der Waals surface area contributed by atoms with Crippen LogP contribution in [-0.4, -0.2) is 35.1 Å². The molecule has 7 nitrogen and oxygen atoms in total. The number of sulfonamides is 1. The number of rotatable bonds is 9. The zero-order valence-electron chi connectivity index (χ0n) is 20.0. The zero-order chi connectivity index (χ0) is 24.9. The van der Waals surface area contributed by atoms with E-state index < -0.39 is 22.5 Å². The average Bonchev–Trinajstić information content (AvgIpc) is 2.82. The molecule has 0 aliphatic carbocycles. The lowest BCUT2D eigenvalue weighted by Gasteiger charge is -2.26. The van der Waals surface area contributed by atoms with Crippen molar-refractivity contribution in [2.45, 2.75) is 31.7 Å². The van der Waals surface area contributed by atoms with Crippen LogP contribution in [0.2, 0.25) is 0 Å². The molecule has 0 spiro atoms. The second kappa shape index (κ2) is 10.6. The van der Waals surface area contributed by atoms with E-state index in [1.54, 1.807) is 30.3 Å². The molecule has 0 aromatic heterocycles. The van der Waals surface area contributed by atoms with Crippen LogP contribution in [0.1, 0.15) is 29.7 Å². The van der Waals surface area contributed by atoms with E-state index in [4.69, 9.17) is 9.47 Å². The fraction of sp³-hybridized carbons (Fsp3) is 0.269. The van der Waals surface area contributed by atoms with Crippen LogP contribution in [-0.2, 0) is 14.8 Å². The van der Waals surface area contributed by atoms with Gasteiger partial charge in [0, 0.05) is 6.07 Å². The largest absolute Gasteiger partial charge is 0.493 e. The number of ether oxygens (including phenoxy) is 2. The Labute approximate surface area is 201 Å². The maximum absolute atomic E-state index is 13.6. The van der Waals surface area contributed by atoms with Crippen LogP contribution < -0.4 is 19.1 Å². The number of nitrogens with one attached hydrogen (secondary N) is 1. The number of carbonyl (C=O) groups is 1. The van der Waals surface area contributed by atoms with Gasteiger partial charge in [-0.15, -0.1) is 0 Å². The summed E-state index contributed by atoms with van der Waals surface area (Å²) in [6, 6.07) is 18.8. The summed E-state index contributed by atoms with van der Waals surface area (Å²) in [4.78, 5) is 13.1. The van der Waals surface area contributed by atoms with Crippen LogP contribution in [0.4, 0.5) is 5.69 Å². The Hall–Kier alpha value is -3.52. The van der Waals surface area contributed by atoms with Gasteiger partial charge >= 0.3 is 0 Å². The molecule has 0 saturated carbocycles. The van der Waals surface area contributed by atoms with Gasteiger partial charge in [-0.25, -0.2) is 8.42 Å². The third-order valence-corrected chi connectivity index (χ3v) is 7.29. The molecule has 0 aliphatic rings. The Bertz CT molecular complexity index is 1240. The number of nitrogens with zero attached hydrogens (tertiary/aromatic N) is 1. The SMILES string of the molecule is COc1ccc(N(CC(=O)N[C@@H](C)c2ccc(C)cc2)S(=O)(=O)c2ccc(C)cc2)cc1OC. The molecule has 0 fully saturated rings. The molecule has 1 atom stereocenters. The monoisotopic (exact) mass is 482 g/mol. The highest BCUT2D eigenvalue weighted by Crippen LogP contribution is 2.33. The van der Waals surface area contributed by atoms with Crippen molar-refractivity contribution < 1.29 is 22.7 Å². The molecule has 0 radical (unpaired) electrons. The van der Waals surface area contributed by atoms with E-state index in [0.29, 0.717) is 11.5 Å². The minimum absolute atomic E-state index is 0.0901. The van der Waals surface area contributed by atoms with Gasteiger partial charge in [0.25, 0.3) is 10.0 Å². The first-order chi connectivity index (χ1) is 16.1. The summed E-state index contributed by atoms with van der Waals surface area (Å²) in [6.45, 7) is 5.33. The van der Waals surface area contributed by atoms with Gasteiger partial charge in [0.05, 0.1) is 30.8 Å². The second-order valence-corrected chi connectivity index (χ2v) is 9.93. The second-order valence-electron chi connectivity index (χ2n) is 8.06. The Kier molecular flexibility index (Phi) is 7.83. The van der Waals surface area contributed by atoms with Crippen LogP contribution in [0.3, 0.4) is 0 Å². The molecule has 3 rings (SSSR count). The van der Waals surface area contributed by atoms with Gasteiger partial charge in [-0.3, -0.25) is 9.10 Å². The van der Waals surface area contributed by atoms with Gasteiger partial charge in [-0.1, -0.05) is 47.5 Å². The first-order valence-electron chi connectivity index (χ1n) is 10.8. The highest BCUT2D eigenvalue weighted by Gasteiger charge is 2.28. The Morgan fingerprint density at radius 3 is 2.00 bits per heavy atom. The van der Waals surface area contributed by atoms with Gasteiger partial charge in [-0.2, -0.15) is 0 Å². The van der Waals surface area contributed by atoms with Crippen molar-refractivity contribution in [2.75, 3.05) is 25.1 Å². The molecular formula is C26H30N2O5S. The normalized spacial score (nSPS) is 12.0. The minimum atomic E-state index is -4.04. The fourth-order valence-corrected chi connectivity index (χ4v) is 4.90. The highest BCUT2D eigenvalue weighted by atomic mass is 32.2. The van der Waals surface area contributed by atoms with Crippen molar-refractivity contribution in [3.63, 3.8) is 0 Å². The molecule has 0 heterocycles. The van der Waals surface area contributed by atoms with Crippen molar-refractivity contribution in [2.24, 2.45) is 0 Å². The molecule has 1 N–H and O–H groups in total. The standard InChI is InChI=1S/C26H30N2O5S/c1-18-6-10-21(11-7-18)20(3)27-26(29)17-28(22-12-15-24(32-4)25(16-22)33-5)34(30,31)23-13-8-19(2)9-14-23/h6-16,20H,17H2,1-5H3,(H,27,29)/t20-/m0/s1. The van der Waals surface area contributed by atoms with Crippen LogP contribution in [0.25, 0.3) is 0 Å². The molecule has 8 heteroatoms. The minimum Gasteiger partial charge on any atom is -0.493 e. The number of anilines is 1. The van der Waals surface area contributed by atoms with E-state index in [0.717, 1.165) is 21.0 Å². The topological polar surface area (TPSA) is 84.9 Å². The van der Waals surface area contributed by atoms with E-state index in [9.17, 15) is 13.2 Å². The molecule has 3 aromatic carbocycles. The smallest absolute Gasteiger partial charge is 0.264 e. The molecule has 3 aromatic rings. The van der Waals surface area contributed by atoms with Gasteiger partial charge in [0.2, 0.25) is 5.91 Å². The van der Waals surface area contributed by atoms with E-state index in [1.165, 1.54) is 26.4 Å². The third kappa shape index (κ3) is 5.69. The number of aryl methyl sites for hydroxylation is 2. The lowest BCUT2D eigenvalue weighted by atomic mass is 10.1. The zero-order valence-corrected chi connectivity index (χ0v) is 20.8. The number of methoxy groups -OCH3 is 2. The van der Waals surface area contributed by atoms with Crippen LogP contribution in [0.5, 0.6) is 11.5 Å². The summed E-state index contributed by atoms with van der Waals surface area (Å²) in [7, 11) is -1.07. The van der Waals surface area contributed by atoms with Crippen molar-refractivity contribution in [3.8, 4) is 11.5 Å². The number of hydrogen-bond acceptors (Lipinski definition) is 5. The summed E-state index contributed by atoms with van der Waals surface area (Å²) in [6.07, 6.45) is 0. The van der Waals surface area contributed by atoms with Crippen molar-refractivity contribution >= 4 is 21.6 Å². The molecule has 34 heavy (non-hydrogen) atoms. The number of hydrogen-bond donors (Lipinski definition) is 1. The predicted molar refractivity (Wildman–Crippen MR) is 133 cm³/mol. The number of amides is 1. The fourth-order valence-electron chi connectivity index (χ4n) is 3.49. The lowest BCUT2D eigenvalue weighted by Crippen LogP contribution is -2.41. The van der Waals surface area contributed by atoms with E-state index >= 15 is 0 Å².